The van der Waals surface area contributed by atoms with Crippen molar-refractivity contribution >= 4 is 38.6 Å². The Bertz CT molecular complexity index is 684. The standard InChI is InChI=1S/C16H16BrNO3/c1-2-7-18(10-15(19)20)16(21)13-4-3-12-9-14(17)6-5-11(12)8-13/h3-6,8-9H,2,7,10H2,1H3,(H,19,20). The average Bonchev–Trinajstić information content (AvgIpc) is 2.45. The minimum absolute atomic E-state index is 0.246. The van der Waals surface area contributed by atoms with Gasteiger partial charge < -0.3 is 10.0 Å². The predicted molar refractivity (Wildman–Crippen MR) is 85.5 cm³/mol. The maximum Gasteiger partial charge on any atom is 0.323 e. The quantitative estimate of drug-likeness (QED) is 0.897. The van der Waals surface area contributed by atoms with Crippen molar-refractivity contribution in [1.82, 2.24) is 4.90 Å². The van der Waals surface area contributed by atoms with E-state index in [2.05, 4.69) is 15.9 Å². The molecule has 0 unspecified atom stereocenters. The zero-order chi connectivity index (χ0) is 15.4. The van der Waals surface area contributed by atoms with E-state index in [1.165, 1.54) is 4.90 Å². The van der Waals surface area contributed by atoms with Crippen LogP contribution in [0.3, 0.4) is 0 Å². The second-order valence-corrected chi connectivity index (χ2v) is 5.74. The van der Waals surface area contributed by atoms with Gasteiger partial charge >= 0.3 is 5.97 Å². The number of rotatable bonds is 5. The number of hydrogen-bond donors (Lipinski definition) is 1. The molecule has 0 atom stereocenters. The summed E-state index contributed by atoms with van der Waals surface area (Å²) in [5.74, 6) is -1.24. The van der Waals surface area contributed by atoms with Crippen LogP contribution in [0.2, 0.25) is 0 Å². The molecule has 0 saturated carbocycles. The molecule has 0 aliphatic heterocycles. The Morgan fingerprint density at radius 2 is 1.81 bits per heavy atom. The predicted octanol–water partition coefficient (Wildman–Crippen LogP) is 3.54. The molecule has 4 nitrogen and oxygen atoms in total. The second-order valence-electron chi connectivity index (χ2n) is 4.83. The summed E-state index contributed by atoms with van der Waals surface area (Å²) in [6, 6.07) is 11.2. The minimum atomic E-state index is -0.999. The number of carbonyl (C=O) groups excluding carboxylic acids is 1. The monoisotopic (exact) mass is 349 g/mol. The Labute approximate surface area is 131 Å². The lowest BCUT2D eigenvalue weighted by atomic mass is 10.1. The number of nitrogens with zero attached hydrogens (tertiary/aromatic N) is 1. The van der Waals surface area contributed by atoms with Crippen molar-refractivity contribution in [2.75, 3.05) is 13.1 Å². The van der Waals surface area contributed by atoms with Gasteiger partial charge in [-0.25, -0.2) is 0 Å². The van der Waals surface area contributed by atoms with Crippen LogP contribution in [0.1, 0.15) is 23.7 Å². The molecular formula is C16H16BrNO3. The zero-order valence-electron chi connectivity index (χ0n) is 11.7. The van der Waals surface area contributed by atoms with E-state index in [0.29, 0.717) is 12.1 Å². The van der Waals surface area contributed by atoms with E-state index < -0.39 is 5.97 Å². The van der Waals surface area contributed by atoms with Crippen molar-refractivity contribution in [2.24, 2.45) is 0 Å². The summed E-state index contributed by atoms with van der Waals surface area (Å²) >= 11 is 3.41. The largest absolute Gasteiger partial charge is 0.480 e. The lowest BCUT2D eigenvalue weighted by Gasteiger charge is -2.20. The topological polar surface area (TPSA) is 57.6 Å². The number of hydrogen-bond acceptors (Lipinski definition) is 2. The van der Waals surface area contributed by atoms with Crippen molar-refractivity contribution in [1.29, 1.82) is 0 Å². The Balaban J connectivity index is 2.32. The van der Waals surface area contributed by atoms with Gasteiger partial charge in [-0.2, -0.15) is 0 Å². The lowest BCUT2D eigenvalue weighted by molar-refractivity contribution is -0.137. The molecule has 5 heteroatoms. The Morgan fingerprint density at radius 3 is 2.48 bits per heavy atom. The molecule has 0 bridgehead atoms. The molecule has 0 heterocycles. The van der Waals surface area contributed by atoms with Gasteiger partial charge in [-0.1, -0.05) is 35.0 Å². The number of halogens is 1. The molecule has 0 aromatic heterocycles. The SMILES string of the molecule is CCCN(CC(=O)O)C(=O)c1ccc2cc(Br)ccc2c1. The van der Waals surface area contributed by atoms with Crippen molar-refractivity contribution in [3.05, 3.63) is 46.4 Å². The Morgan fingerprint density at radius 1 is 1.14 bits per heavy atom. The third-order valence-corrected chi connectivity index (χ3v) is 3.65. The van der Waals surface area contributed by atoms with Crippen LogP contribution in [0, 0.1) is 0 Å². The van der Waals surface area contributed by atoms with Gasteiger partial charge in [0, 0.05) is 16.6 Å². The molecule has 0 fully saturated rings. The van der Waals surface area contributed by atoms with E-state index in [0.717, 1.165) is 21.7 Å². The number of carbonyl (C=O) groups is 2. The van der Waals surface area contributed by atoms with Gasteiger partial charge in [-0.3, -0.25) is 9.59 Å². The summed E-state index contributed by atoms with van der Waals surface area (Å²) in [5.41, 5.74) is 0.513. The lowest BCUT2D eigenvalue weighted by Crippen LogP contribution is -2.36. The number of aliphatic carboxylic acids is 1. The van der Waals surface area contributed by atoms with E-state index in [1.54, 1.807) is 12.1 Å². The van der Waals surface area contributed by atoms with E-state index in [-0.39, 0.29) is 12.5 Å². The number of carboxylic acids is 1. The summed E-state index contributed by atoms with van der Waals surface area (Å²) in [6.07, 6.45) is 0.722. The molecule has 21 heavy (non-hydrogen) atoms. The summed E-state index contributed by atoms with van der Waals surface area (Å²) in [7, 11) is 0. The molecular weight excluding hydrogens is 334 g/mol. The summed E-state index contributed by atoms with van der Waals surface area (Å²) in [6.45, 7) is 2.08. The molecule has 0 aliphatic rings. The minimum Gasteiger partial charge on any atom is -0.480 e. The van der Waals surface area contributed by atoms with Gasteiger partial charge in [0.05, 0.1) is 0 Å². The second kappa shape index (κ2) is 6.72. The van der Waals surface area contributed by atoms with Crippen molar-refractivity contribution in [3.8, 4) is 0 Å². The van der Waals surface area contributed by atoms with E-state index in [4.69, 9.17) is 5.11 Å². The van der Waals surface area contributed by atoms with Crippen LogP contribution in [0.5, 0.6) is 0 Å². The fourth-order valence-corrected chi connectivity index (χ4v) is 2.60. The summed E-state index contributed by atoms with van der Waals surface area (Å²) < 4.78 is 0.979. The first kappa shape index (κ1) is 15.5. The molecule has 2 rings (SSSR count). The Kier molecular flexibility index (Phi) is 4.96. The zero-order valence-corrected chi connectivity index (χ0v) is 13.3. The highest BCUT2D eigenvalue weighted by molar-refractivity contribution is 9.10. The van der Waals surface area contributed by atoms with Gasteiger partial charge in [0.1, 0.15) is 6.54 Å². The molecule has 110 valence electrons. The van der Waals surface area contributed by atoms with Crippen molar-refractivity contribution in [2.45, 2.75) is 13.3 Å². The van der Waals surface area contributed by atoms with Gasteiger partial charge in [0.25, 0.3) is 5.91 Å². The summed E-state index contributed by atoms with van der Waals surface area (Å²) in [4.78, 5) is 24.7. The van der Waals surface area contributed by atoms with Crippen molar-refractivity contribution in [3.63, 3.8) is 0 Å². The van der Waals surface area contributed by atoms with Crippen LogP contribution in [0.4, 0.5) is 0 Å². The Hall–Kier alpha value is -1.88. The van der Waals surface area contributed by atoms with Crippen LogP contribution < -0.4 is 0 Å². The van der Waals surface area contributed by atoms with Crippen LogP contribution in [0.15, 0.2) is 40.9 Å². The van der Waals surface area contributed by atoms with E-state index >= 15 is 0 Å². The number of amides is 1. The first-order chi connectivity index (χ1) is 10.0. The highest BCUT2D eigenvalue weighted by Gasteiger charge is 2.17. The maximum atomic E-state index is 12.4. The van der Waals surface area contributed by atoms with Crippen LogP contribution in [-0.4, -0.2) is 35.0 Å². The van der Waals surface area contributed by atoms with Crippen LogP contribution >= 0.6 is 15.9 Å². The molecule has 2 aromatic carbocycles. The van der Waals surface area contributed by atoms with E-state index in [1.807, 2.05) is 31.2 Å². The van der Waals surface area contributed by atoms with Gasteiger partial charge in [-0.15, -0.1) is 0 Å². The maximum absolute atomic E-state index is 12.4. The number of benzene rings is 2. The van der Waals surface area contributed by atoms with E-state index in [9.17, 15) is 9.59 Å². The average molecular weight is 350 g/mol. The normalized spacial score (nSPS) is 10.6. The van der Waals surface area contributed by atoms with Gasteiger partial charge in [-0.05, 0) is 41.5 Å². The van der Waals surface area contributed by atoms with Gasteiger partial charge in [0.15, 0.2) is 0 Å². The van der Waals surface area contributed by atoms with Crippen LogP contribution in [-0.2, 0) is 4.79 Å². The smallest absolute Gasteiger partial charge is 0.323 e. The highest BCUT2D eigenvalue weighted by Crippen LogP contribution is 2.21. The van der Waals surface area contributed by atoms with Crippen LogP contribution in [0.25, 0.3) is 10.8 Å². The fourth-order valence-electron chi connectivity index (χ4n) is 2.22. The third kappa shape index (κ3) is 3.82. The molecule has 1 N–H and O–H groups in total. The molecule has 2 aromatic rings. The highest BCUT2D eigenvalue weighted by atomic mass is 79.9. The molecule has 1 amide bonds. The summed E-state index contributed by atoms with van der Waals surface area (Å²) in [5, 5.41) is 10.9. The molecule has 0 saturated heterocycles. The third-order valence-electron chi connectivity index (χ3n) is 3.16. The molecule has 0 aliphatic carbocycles. The molecule has 0 radical (unpaired) electrons. The first-order valence-corrected chi connectivity index (χ1v) is 7.51. The number of carboxylic acid groups (broad SMARTS) is 1. The first-order valence-electron chi connectivity index (χ1n) is 6.71. The van der Waals surface area contributed by atoms with Gasteiger partial charge in [0.2, 0.25) is 0 Å². The number of fused-ring (bicyclic) bond motifs is 1. The fraction of sp³-hybridized carbons (Fsp3) is 0.250. The van der Waals surface area contributed by atoms with Crippen molar-refractivity contribution < 1.29 is 14.7 Å². The molecule has 0 spiro atoms.